The molecule has 0 fully saturated rings. The van der Waals surface area contributed by atoms with E-state index in [1.807, 2.05) is 18.4 Å². The van der Waals surface area contributed by atoms with Gasteiger partial charge in [0.2, 0.25) is 0 Å². The van der Waals surface area contributed by atoms with E-state index in [2.05, 4.69) is 29.8 Å². The van der Waals surface area contributed by atoms with Crippen molar-refractivity contribution in [1.29, 1.82) is 0 Å². The van der Waals surface area contributed by atoms with Crippen LogP contribution in [0.25, 0.3) is 0 Å². The predicted octanol–water partition coefficient (Wildman–Crippen LogP) is 4.43. The third-order valence-electron chi connectivity index (χ3n) is 1.90. The molecule has 13 heavy (non-hydrogen) atoms. The molecule has 0 saturated heterocycles. The molecule has 1 aromatic rings. The Labute approximate surface area is 91.0 Å². The van der Waals surface area contributed by atoms with E-state index in [9.17, 15) is 4.39 Å². The second kappa shape index (κ2) is 4.47. The Morgan fingerprint density at radius 1 is 1.38 bits per heavy atom. The van der Waals surface area contributed by atoms with Crippen molar-refractivity contribution in [2.75, 3.05) is 6.26 Å². The first-order chi connectivity index (χ1) is 6.06. The molecule has 0 aromatic heterocycles. The molecule has 0 aliphatic rings. The van der Waals surface area contributed by atoms with Crippen molar-refractivity contribution in [1.82, 2.24) is 0 Å². The molecule has 3 heteroatoms. The monoisotopic (exact) mass is 262 g/mol. The number of halogens is 2. The van der Waals surface area contributed by atoms with Gasteiger partial charge in [-0.1, -0.05) is 13.8 Å². The maximum atomic E-state index is 13.4. The zero-order valence-electron chi connectivity index (χ0n) is 7.90. The molecule has 0 heterocycles. The molecular weight excluding hydrogens is 251 g/mol. The Morgan fingerprint density at radius 2 is 2.00 bits per heavy atom. The Bertz CT molecular complexity index is 310. The van der Waals surface area contributed by atoms with Gasteiger partial charge in [0, 0.05) is 4.90 Å². The summed E-state index contributed by atoms with van der Waals surface area (Å²) in [4.78, 5) is 0.707. The molecule has 0 aliphatic heterocycles. The highest BCUT2D eigenvalue weighted by atomic mass is 79.9. The van der Waals surface area contributed by atoms with Gasteiger partial charge in [-0.2, -0.15) is 0 Å². The van der Waals surface area contributed by atoms with Crippen molar-refractivity contribution in [3.63, 3.8) is 0 Å². The van der Waals surface area contributed by atoms with Crippen LogP contribution in [0.2, 0.25) is 0 Å². The molecule has 0 nitrogen and oxygen atoms in total. The van der Waals surface area contributed by atoms with E-state index in [1.165, 1.54) is 11.8 Å². The maximum Gasteiger partial charge on any atom is 0.150 e. The van der Waals surface area contributed by atoms with Gasteiger partial charge in [0.05, 0.1) is 4.47 Å². The van der Waals surface area contributed by atoms with Crippen molar-refractivity contribution in [3.05, 3.63) is 28.0 Å². The molecule has 1 rings (SSSR count). The highest BCUT2D eigenvalue weighted by Gasteiger charge is 2.09. The van der Waals surface area contributed by atoms with E-state index < -0.39 is 0 Å². The van der Waals surface area contributed by atoms with Gasteiger partial charge in [0.15, 0.2) is 5.82 Å². The average Bonchev–Trinajstić information content (AvgIpc) is 2.09. The molecule has 0 atom stereocenters. The summed E-state index contributed by atoms with van der Waals surface area (Å²) >= 11 is 4.65. The second-order valence-electron chi connectivity index (χ2n) is 3.17. The average molecular weight is 263 g/mol. The first kappa shape index (κ1) is 11.1. The Kier molecular flexibility index (Phi) is 3.80. The van der Waals surface area contributed by atoms with Crippen molar-refractivity contribution < 1.29 is 4.39 Å². The lowest BCUT2D eigenvalue weighted by atomic mass is 10.0. The van der Waals surface area contributed by atoms with Crippen molar-refractivity contribution in [2.45, 2.75) is 24.7 Å². The molecule has 0 spiro atoms. The molecule has 0 unspecified atom stereocenters. The Hall–Kier alpha value is -0.0200. The molecule has 0 radical (unpaired) electrons. The molecular formula is C10H12BrFS. The Morgan fingerprint density at radius 3 is 2.46 bits per heavy atom. The van der Waals surface area contributed by atoms with Crippen molar-refractivity contribution >= 4 is 27.7 Å². The first-order valence-corrected chi connectivity index (χ1v) is 6.11. The highest BCUT2D eigenvalue weighted by Crippen LogP contribution is 2.30. The van der Waals surface area contributed by atoms with Gasteiger partial charge in [-0.25, -0.2) is 4.39 Å². The summed E-state index contributed by atoms with van der Waals surface area (Å²) < 4.78 is 13.9. The Balaban J connectivity index is 3.22. The van der Waals surface area contributed by atoms with Crippen LogP contribution in [0.15, 0.2) is 21.5 Å². The standard InChI is InChI=1S/C10H12BrFS/c1-6(2)7-4-8(11)10(12)9(5-7)13-3/h4-6H,1-3H3. The SMILES string of the molecule is CSc1cc(C(C)C)cc(Br)c1F. The van der Waals surface area contributed by atoms with Gasteiger partial charge >= 0.3 is 0 Å². The van der Waals surface area contributed by atoms with Crippen LogP contribution in [0.1, 0.15) is 25.3 Å². The van der Waals surface area contributed by atoms with Crippen molar-refractivity contribution in [2.24, 2.45) is 0 Å². The number of rotatable bonds is 2. The minimum absolute atomic E-state index is 0.156. The van der Waals surface area contributed by atoms with Gasteiger partial charge in [-0.15, -0.1) is 11.8 Å². The smallest absolute Gasteiger partial charge is 0.150 e. The summed E-state index contributed by atoms with van der Waals surface area (Å²) in [7, 11) is 0. The van der Waals surface area contributed by atoms with Crippen LogP contribution in [0.4, 0.5) is 4.39 Å². The minimum Gasteiger partial charge on any atom is -0.205 e. The minimum atomic E-state index is -0.156. The fourth-order valence-corrected chi connectivity index (χ4v) is 2.22. The second-order valence-corrected chi connectivity index (χ2v) is 4.88. The largest absolute Gasteiger partial charge is 0.205 e. The number of benzene rings is 1. The van der Waals surface area contributed by atoms with E-state index >= 15 is 0 Å². The molecule has 0 saturated carbocycles. The van der Waals surface area contributed by atoms with Crippen LogP contribution in [0.3, 0.4) is 0 Å². The van der Waals surface area contributed by atoms with Gasteiger partial charge in [0.1, 0.15) is 0 Å². The quantitative estimate of drug-likeness (QED) is 0.711. The van der Waals surface area contributed by atoms with E-state index in [-0.39, 0.29) is 5.82 Å². The van der Waals surface area contributed by atoms with E-state index in [0.717, 1.165) is 5.56 Å². The topological polar surface area (TPSA) is 0 Å². The highest BCUT2D eigenvalue weighted by molar-refractivity contribution is 9.10. The number of hydrogen-bond acceptors (Lipinski definition) is 1. The summed E-state index contributed by atoms with van der Waals surface area (Å²) in [5.74, 6) is 0.277. The molecule has 0 aliphatic carbocycles. The zero-order valence-corrected chi connectivity index (χ0v) is 10.3. The molecule has 0 bridgehead atoms. The van der Waals surface area contributed by atoms with Crippen LogP contribution in [0.5, 0.6) is 0 Å². The molecule has 0 amide bonds. The van der Waals surface area contributed by atoms with Crippen LogP contribution in [-0.2, 0) is 0 Å². The molecule has 72 valence electrons. The van der Waals surface area contributed by atoms with Crippen LogP contribution < -0.4 is 0 Å². The molecule has 0 N–H and O–H groups in total. The first-order valence-electron chi connectivity index (χ1n) is 4.09. The van der Waals surface area contributed by atoms with E-state index in [4.69, 9.17) is 0 Å². The summed E-state index contributed by atoms with van der Waals surface area (Å²) in [5.41, 5.74) is 1.16. The van der Waals surface area contributed by atoms with Crippen molar-refractivity contribution in [3.8, 4) is 0 Å². The van der Waals surface area contributed by atoms with Crippen LogP contribution in [-0.4, -0.2) is 6.26 Å². The molecule has 1 aromatic carbocycles. The lowest BCUT2D eigenvalue weighted by Crippen LogP contribution is -1.91. The fraction of sp³-hybridized carbons (Fsp3) is 0.400. The normalized spacial score (nSPS) is 10.9. The summed E-state index contributed by atoms with van der Waals surface area (Å²) in [5, 5.41) is 0. The van der Waals surface area contributed by atoms with E-state index in [0.29, 0.717) is 15.3 Å². The summed E-state index contributed by atoms with van der Waals surface area (Å²) in [6.07, 6.45) is 1.88. The number of thioether (sulfide) groups is 1. The van der Waals surface area contributed by atoms with Gasteiger partial charge in [-0.05, 0) is 45.8 Å². The fourth-order valence-electron chi connectivity index (χ4n) is 1.07. The van der Waals surface area contributed by atoms with Gasteiger partial charge in [0.25, 0.3) is 0 Å². The zero-order chi connectivity index (χ0) is 10.0. The predicted molar refractivity (Wildman–Crippen MR) is 60.0 cm³/mol. The lowest BCUT2D eigenvalue weighted by Gasteiger charge is -2.09. The van der Waals surface area contributed by atoms with Crippen LogP contribution >= 0.6 is 27.7 Å². The summed E-state index contributed by atoms with van der Waals surface area (Å²) in [6.45, 7) is 4.20. The van der Waals surface area contributed by atoms with E-state index in [1.54, 1.807) is 0 Å². The third kappa shape index (κ3) is 2.47. The van der Waals surface area contributed by atoms with Gasteiger partial charge in [-0.3, -0.25) is 0 Å². The lowest BCUT2D eigenvalue weighted by molar-refractivity contribution is 0.593. The van der Waals surface area contributed by atoms with Gasteiger partial charge < -0.3 is 0 Å². The third-order valence-corrected chi connectivity index (χ3v) is 3.22. The van der Waals surface area contributed by atoms with Crippen LogP contribution in [0, 0.1) is 5.82 Å². The number of hydrogen-bond donors (Lipinski definition) is 0. The maximum absolute atomic E-state index is 13.4. The summed E-state index contributed by atoms with van der Waals surface area (Å²) in [6, 6.07) is 3.76.